The Balaban J connectivity index is 2.26. The van der Waals surface area contributed by atoms with Crippen LogP contribution in [0, 0.1) is 17.0 Å². The minimum Gasteiger partial charge on any atom is -0.400 e. The summed E-state index contributed by atoms with van der Waals surface area (Å²) < 4.78 is 5.38. The summed E-state index contributed by atoms with van der Waals surface area (Å²) in [5.74, 6) is -0.860. The lowest BCUT2D eigenvalue weighted by Gasteiger charge is -2.00. The second-order valence-corrected chi connectivity index (χ2v) is 4.98. The maximum Gasteiger partial charge on any atom is 0.442 e. The Hall–Kier alpha value is -3.15. The fourth-order valence-corrected chi connectivity index (χ4v) is 2.40. The summed E-state index contributed by atoms with van der Waals surface area (Å²) in [4.78, 5) is 21.8. The molecular weight excluding hydrogens is 284 g/mol. The van der Waals surface area contributed by atoms with E-state index in [9.17, 15) is 14.9 Å². The normalized spacial score (nSPS) is 10.8. The topological polar surface area (TPSA) is 99.4 Å². The molecule has 0 radical (unpaired) electrons. The molecule has 3 aromatic rings. The van der Waals surface area contributed by atoms with Gasteiger partial charge < -0.3 is 10.2 Å². The number of furan rings is 1. The van der Waals surface area contributed by atoms with Crippen LogP contribution in [0.4, 0.5) is 5.88 Å². The standard InChI is InChI=1S/C16H12N2O4/c1-9-2-7-12-13(8-9)22-16(18(20)21)14(12)10-3-5-11(6-4-10)15(17)19/h2-8H,1H3,(H2,17,19). The molecule has 0 unspecified atom stereocenters. The first-order valence-electron chi connectivity index (χ1n) is 6.55. The van der Waals surface area contributed by atoms with Gasteiger partial charge in [-0.15, -0.1) is 0 Å². The fraction of sp³-hybridized carbons (Fsp3) is 0.0625. The van der Waals surface area contributed by atoms with E-state index < -0.39 is 10.8 Å². The van der Waals surface area contributed by atoms with Crippen molar-refractivity contribution in [3.63, 3.8) is 0 Å². The molecule has 0 spiro atoms. The zero-order valence-corrected chi connectivity index (χ0v) is 11.7. The number of primary amides is 1. The molecule has 3 rings (SSSR count). The average Bonchev–Trinajstić information content (AvgIpc) is 2.86. The molecule has 6 heteroatoms. The van der Waals surface area contributed by atoms with Crippen LogP contribution in [0.1, 0.15) is 15.9 Å². The van der Waals surface area contributed by atoms with Crippen molar-refractivity contribution in [1.82, 2.24) is 0 Å². The van der Waals surface area contributed by atoms with Gasteiger partial charge >= 0.3 is 5.88 Å². The van der Waals surface area contributed by atoms with Gasteiger partial charge in [-0.2, -0.15) is 0 Å². The molecule has 0 saturated heterocycles. The van der Waals surface area contributed by atoms with Crippen molar-refractivity contribution in [1.29, 1.82) is 0 Å². The van der Waals surface area contributed by atoms with E-state index in [0.717, 1.165) is 5.56 Å². The number of carbonyl (C=O) groups excluding carboxylic acids is 1. The second kappa shape index (κ2) is 5.00. The molecule has 110 valence electrons. The maximum absolute atomic E-state index is 11.3. The predicted octanol–water partition coefficient (Wildman–Crippen LogP) is 3.42. The van der Waals surface area contributed by atoms with Gasteiger partial charge in [0, 0.05) is 10.9 Å². The molecule has 0 saturated carbocycles. The van der Waals surface area contributed by atoms with Gasteiger partial charge in [-0.1, -0.05) is 18.2 Å². The van der Waals surface area contributed by atoms with Crippen LogP contribution in [0.2, 0.25) is 0 Å². The van der Waals surface area contributed by atoms with Crippen LogP contribution in [0.3, 0.4) is 0 Å². The van der Waals surface area contributed by atoms with Crippen LogP contribution in [0.15, 0.2) is 46.9 Å². The summed E-state index contributed by atoms with van der Waals surface area (Å²) in [6.07, 6.45) is 0. The first-order valence-corrected chi connectivity index (χ1v) is 6.55. The van der Waals surface area contributed by atoms with Crippen molar-refractivity contribution in [3.8, 4) is 11.1 Å². The largest absolute Gasteiger partial charge is 0.442 e. The zero-order chi connectivity index (χ0) is 15.9. The number of benzene rings is 2. The summed E-state index contributed by atoms with van der Waals surface area (Å²) in [7, 11) is 0. The Morgan fingerprint density at radius 1 is 1.18 bits per heavy atom. The first-order chi connectivity index (χ1) is 10.5. The number of amides is 1. The van der Waals surface area contributed by atoms with E-state index in [4.69, 9.17) is 10.2 Å². The van der Waals surface area contributed by atoms with Gasteiger partial charge in [0.25, 0.3) is 0 Å². The molecule has 0 aliphatic carbocycles. The van der Waals surface area contributed by atoms with E-state index in [1.54, 1.807) is 24.3 Å². The highest BCUT2D eigenvalue weighted by molar-refractivity contribution is 6.00. The van der Waals surface area contributed by atoms with Crippen LogP contribution < -0.4 is 5.73 Å². The van der Waals surface area contributed by atoms with Crippen LogP contribution in [0.5, 0.6) is 0 Å². The van der Waals surface area contributed by atoms with Crippen LogP contribution >= 0.6 is 0 Å². The minimum absolute atomic E-state index is 0.313. The Morgan fingerprint density at radius 3 is 2.45 bits per heavy atom. The average molecular weight is 296 g/mol. The molecule has 1 amide bonds. The highest BCUT2D eigenvalue weighted by Crippen LogP contribution is 2.39. The molecule has 2 aromatic carbocycles. The predicted molar refractivity (Wildman–Crippen MR) is 81.6 cm³/mol. The van der Waals surface area contributed by atoms with Crippen molar-refractivity contribution < 1.29 is 14.1 Å². The highest BCUT2D eigenvalue weighted by atomic mass is 16.6. The quantitative estimate of drug-likeness (QED) is 0.591. The lowest BCUT2D eigenvalue weighted by Crippen LogP contribution is -2.10. The molecular formula is C16H12N2O4. The number of nitrogens with zero attached hydrogens (tertiary/aromatic N) is 1. The maximum atomic E-state index is 11.3. The van der Waals surface area contributed by atoms with Gasteiger partial charge in [0.05, 0.1) is 0 Å². The minimum atomic E-state index is -0.549. The summed E-state index contributed by atoms with van der Waals surface area (Å²) in [5, 5.41) is 11.9. The van der Waals surface area contributed by atoms with Gasteiger partial charge in [-0.05, 0) is 42.3 Å². The molecule has 0 atom stereocenters. The lowest BCUT2D eigenvalue weighted by molar-refractivity contribution is -0.400. The number of rotatable bonds is 3. The van der Waals surface area contributed by atoms with Crippen LogP contribution in [0.25, 0.3) is 22.1 Å². The van der Waals surface area contributed by atoms with E-state index in [2.05, 4.69) is 0 Å². The van der Waals surface area contributed by atoms with Gasteiger partial charge in [0.2, 0.25) is 5.91 Å². The van der Waals surface area contributed by atoms with E-state index in [1.807, 2.05) is 13.0 Å². The van der Waals surface area contributed by atoms with E-state index >= 15 is 0 Å². The number of aryl methyl sites for hydroxylation is 1. The van der Waals surface area contributed by atoms with Gasteiger partial charge in [-0.3, -0.25) is 14.9 Å². The van der Waals surface area contributed by atoms with Gasteiger partial charge in [0.1, 0.15) is 16.1 Å². The molecule has 1 aromatic heterocycles. The summed E-state index contributed by atoms with van der Waals surface area (Å²) in [6, 6.07) is 11.7. The molecule has 0 fully saturated rings. The number of hydrogen-bond acceptors (Lipinski definition) is 4. The van der Waals surface area contributed by atoms with E-state index in [0.29, 0.717) is 27.7 Å². The molecule has 0 bridgehead atoms. The summed E-state index contributed by atoms with van der Waals surface area (Å²) >= 11 is 0. The number of fused-ring (bicyclic) bond motifs is 1. The molecule has 6 nitrogen and oxygen atoms in total. The Morgan fingerprint density at radius 2 is 1.86 bits per heavy atom. The van der Waals surface area contributed by atoms with Crippen LogP contribution in [-0.2, 0) is 0 Å². The molecule has 0 aliphatic heterocycles. The van der Waals surface area contributed by atoms with E-state index in [1.165, 1.54) is 12.1 Å². The van der Waals surface area contributed by atoms with Gasteiger partial charge in [0.15, 0.2) is 0 Å². The first kappa shape index (κ1) is 13.8. The summed E-state index contributed by atoms with van der Waals surface area (Å²) in [6.45, 7) is 1.88. The molecule has 1 heterocycles. The monoisotopic (exact) mass is 296 g/mol. The van der Waals surface area contributed by atoms with Crippen LogP contribution in [-0.4, -0.2) is 10.8 Å². The Kier molecular flexibility index (Phi) is 3.14. The molecule has 22 heavy (non-hydrogen) atoms. The zero-order valence-electron chi connectivity index (χ0n) is 11.7. The smallest absolute Gasteiger partial charge is 0.400 e. The fourth-order valence-electron chi connectivity index (χ4n) is 2.40. The highest BCUT2D eigenvalue weighted by Gasteiger charge is 2.25. The van der Waals surface area contributed by atoms with Crippen molar-refractivity contribution >= 4 is 22.8 Å². The Bertz CT molecular complexity index is 894. The van der Waals surface area contributed by atoms with Crippen molar-refractivity contribution in [2.24, 2.45) is 5.73 Å². The third kappa shape index (κ3) is 2.20. The number of nitrogens with two attached hydrogens (primary N) is 1. The number of hydrogen-bond donors (Lipinski definition) is 1. The number of nitro groups is 1. The molecule has 2 N–H and O–H groups in total. The Labute approximate surface area is 125 Å². The van der Waals surface area contributed by atoms with Crippen molar-refractivity contribution in [3.05, 3.63) is 63.7 Å². The van der Waals surface area contributed by atoms with Crippen molar-refractivity contribution in [2.75, 3.05) is 0 Å². The summed E-state index contributed by atoms with van der Waals surface area (Å²) in [5.41, 5.74) is 7.95. The second-order valence-electron chi connectivity index (χ2n) is 4.98. The van der Waals surface area contributed by atoms with Crippen molar-refractivity contribution in [2.45, 2.75) is 6.92 Å². The SMILES string of the molecule is Cc1ccc2c(-c3ccc(C(N)=O)cc3)c([N+](=O)[O-])oc2c1. The molecule has 0 aliphatic rings. The number of carbonyl (C=O) groups is 1. The third-order valence-corrected chi connectivity index (χ3v) is 3.45. The van der Waals surface area contributed by atoms with Gasteiger partial charge in [-0.25, -0.2) is 0 Å². The lowest BCUT2D eigenvalue weighted by atomic mass is 10.0. The van der Waals surface area contributed by atoms with E-state index in [-0.39, 0.29) is 5.88 Å². The third-order valence-electron chi connectivity index (χ3n) is 3.45.